The van der Waals surface area contributed by atoms with Crippen LogP contribution in [0.15, 0.2) is 24.3 Å². The van der Waals surface area contributed by atoms with Crippen LogP contribution in [0.4, 0.5) is 0 Å². The molecule has 0 radical (unpaired) electrons. The van der Waals surface area contributed by atoms with Crippen LogP contribution in [0.25, 0.3) is 0 Å². The van der Waals surface area contributed by atoms with Crippen molar-refractivity contribution in [3.05, 3.63) is 24.3 Å². The largest absolute Gasteiger partial charge is 0.353 e. The van der Waals surface area contributed by atoms with Gasteiger partial charge in [0.1, 0.15) is 0 Å². The van der Waals surface area contributed by atoms with E-state index in [4.69, 9.17) is 33.2 Å². The van der Waals surface area contributed by atoms with Crippen LogP contribution in [0.1, 0.15) is 350 Å². The van der Waals surface area contributed by atoms with E-state index in [0.29, 0.717) is 13.2 Å². The van der Waals surface area contributed by atoms with Crippen molar-refractivity contribution < 1.29 is 33.2 Å². The maximum atomic E-state index is 6.70. The van der Waals surface area contributed by atoms with Gasteiger partial charge in [-0.1, -0.05) is 272 Å². The highest BCUT2D eigenvalue weighted by atomic mass is 16.8. The van der Waals surface area contributed by atoms with Crippen LogP contribution in [0.2, 0.25) is 0 Å². The summed E-state index contributed by atoms with van der Waals surface area (Å²) in [5.74, 6) is 0. The van der Waals surface area contributed by atoms with Gasteiger partial charge in [0, 0.05) is 26.4 Å². The van der Waals surface area contributed by atoms with E-state index in [1.54, 1.807) is 0 Å². The van der Waals surface area contributed by atoms with E-state index in [1.165, 1.54) is 218 Å². The molecule has 448 valence electrons. The first-order valence-corrected chi connectivity index (χ1v) is 33.8. The molecule has 0 saturated heterocycles. The molecule has 0 heterocycles. The molecule has 0 aliphatic carbocycles. The van der Waals surface area contributed by atoms with Crippen molar-refractivity contribution in [2.75, 3.05) is 39.6 Å². The molecular weight excluding hydrogens is 929 g/mol. The molecule has 7 heteroatoms. The van der Waals surface area contributed by atoms with Crippen molar-refractivity contribution in [2.24, 2.45) is 0 Å². The maximum absolute atomic E-state index is 6.70. The fourth-order valence-electron chi connectivity index (χ4n) is 9.66. The molecule has 0 amide bonds. The SMILES string of the molecule is CCCCCCCCCOC(CCCCC=CC(OCCCCCCCC)OC(C=CCCCCC(OCCCCCCCCC)OCCCCCCCCC)OCCCCCCCC)OCCCCCCCCC. The third-order valence-electron chi connectivity index (χ3n) is 14.7. The van der Waals surface area contributed by atoms with Crippen molar-refractivity contribution in [2.45, 2.75) is 375 Å². The molecule has 0 saturated carbocycles. The second-order valence-corrected chi connectivity index (χ2v) is 22.4. The Hall–Kier alpha value is -0.800. The minimum atomic E-state index is -0.439. The highest BCUT2D eigenvalue weighted by Crippen LogP contribution is 2.18. The minimum absolute atomic E-state index is 0.0928. The van der Waals surface area contributed by atoms with Gasteiger partial charge < -0.3 is 33.2 Å². The lowest BCUT2D eigenvalue weighted by molar-refractivity contribution is -0.208. The summed E-state index contributed by atoms with van der Waals surface area (Å²) in [6, 6.07) is 0. The number of hydrogen-bond acceptors (Lipinski definition) is 7. The van der Waals surface area contributed by atoms with Gasteiger partial charge in [-0.05, 0) is 102 Å². The molecule has 0 aliphatic rings. The number of unbranched alkanes of at least 4 members (excludes halogenated alkanes) is 38. The van der Waals surface area contributed by atoms with Gasteiger partial charge in [0.15, 0.2) is 25.2 Å². The fraction of sp³-hybridized carbons (Fsp3) is 0.941. The Bertz CT molecular complexity index is 962. The number of rotatable bonds is 66. The number of hydrogen-bond donors (Lipinski definition) is 0. The van der Waals surface area contributed by atoms with Crippen LogP contribution in [-0.4, -0.2) is 64.8 Å². The predicted molar refractivity (Wildman–Crippen MR) is 326 cm³/mol. The molecule has 0 bridgehead atoms. The smallest absolute Gasteiger partial charge is 0.180 e. The molecule has 0 aromatic rings. The predicted octanol–water partition coefficient (Wildman–Crippen LogP) is 22.4. The van der Waals surface area contributed by atoms with Crippen LogP contribution in [-0.2, 0) is 33.2 Å². The van der Waals surface area contributed by atoms with Gasteiger partial charge in [-0.25, -0.2) is 0 Å². The monoisotopic (exact) mass is 1060 g/mol. The molecule has 2 unspecified atom stereocenters. The summed E-state index contributed by atoms with van der Waals surface area (Å²) in [5.41, 5.74) is 0. The molecule has 0 spiro atoms. The van der Waals surface area contributed by atoms with E-state index < -0.39 is 12.6 Å². The molecule has 0 fully saturated rings. The second-order valence-electron chi connectivity index (χ2n) is 22.4. The van der Waals surface area contributed by atoms with Gasteiger partial charge in [-0.2, -0.15) is 0 Å². The lowest BCUT2D eigenvalue weighted by Gasteiger charge is -2.22. The van der Waals surface area contributed by atoms with Crippen LogP contribution in [0.3, 0.4) is 0 Å². The summed E-state index contributed by atoms with van der Waals surface area (Å²) >= 11 is 0. The quantitative estimate of drug-likeness (QED) is 0.0342. The highest BCUT2D eigenvalue weighted by molar-refractivity contribution is 4.90. The van der Waals surface area contributed by atoms with E-state index >= 15 is 0 Å². The Morgan fingerprint density at radius 3 is 0.680 bits per heavy atom. The molecule has 0 aromatic carbocycles. The van der Waals surface area contributed by atoms with Crippen molar-refractivity contribution in [1.82, 2.24) is 0 Å². The van der Waals surface area contributed by atoms with Crippen molar-refractivity contribution in [3.63, 3.8) is 0 Å². The van der Waals surface area contributed by atoms with Crippen molar-refractivity contribution in [3.8, 4) is 0 Å². The summed E-state index contributed by atoms with van der Waals surface area (Å²) in [6.07, 6.45) is 67.2. The summed E-state index contributed by atoms with van der Waals surface area (Å²) in [5, 5.41) is 0. The first-order chi connectivity index (χ1) is 37.1. The zero-order valence-corrected chi connectivity index (χ0v) is 51.7. The molecule has 75 heavy (non-hydrogen) atoms. The average molecular weight is 1060 g/mol. The highest BCUT2D eigenvalue weighted by Gasteiger charge is 2.15. The van der Waals surface area contributed by atoms with Crippen molar-refractivity contribution >= 4 is 0 Å². The van der Waals surface area contributed by atoms with E-state index in [0.717, 1.165) is 116 Å². The van der Waals surface area contributed by atoms with Gasteiger partial charge in [-0.15, -0.1) is 0 Å². The summed E-state index contributed by atoms with van der Waals surface area (Å²) < 4.78 is 45.2. The molecule has 0 rings (SSSR count). The first kappa shape index (κ1) is 74.2. The van der Waals surface area contributed by atoms with Crippen LogP contribution in [0, 0.1) is 0 Å². The zero-order valence-electron chi connectivity index (χ0n) is 51.7. The Morgan fingerprint density at radius 1 is 0.227 bits per heavy atom. The minimum Gasteiger partial charge on any atom is -0.353 e. The normalized spacial score (nSPS) is 13.0. The molecular formula is C68H134O7. The van der Waals surface area contributed by atoms with E-state index in [1.807, 2.05) is 0 Å². The Labute approximate surface area is 470 Å². The summed E-state index contributed by atoms with van der Waals surface area (Å²) in [6.45, 7) is 18.4. The molecule has 0 aliphatic heterocycles. The van der Waals surface area contributed by atoms with Gasteiger partial charge in [-0.3, -0.25) is 0 Å². The van der Waals surface area contributed by atoms with E-state index in [9.17, 15) is 0 Å². The lowest BCUT2D eigenvalue weighted by atomic mass is 10.1. The van der Waals surface area contributed by atoms with Gasteiger partial charge in [0.05, 0.1) is 13.2 Å². The zero-order chi connectivity index (χ0) is 54.3. The van der Waals surface area contributed by atoms with Crippen LogP contribution in [0.5, 0.6) is 0 Å². The third kappa shape index (κ3) is 59.2. The average Bonchev–Trinajstić information content (AvgIpc) is 3.42. The van der Waals surface area contributed by atoms with Crippen LogP contribution < -0.4 is 0 Å². The second kappa shape index (κ2) is 65.7. The van der Waals surface area contributed by atoms with Gasteiger partial charge in [0.25, 0.3) is 0 Å². The third-order valence-corrected chi connectivity index (χ3v) is 14.7. The number of allylic oxidation sites excluding steroid dienone is 2. The Balaban J connectivity index is 5.55. The lowest BCUT2D eigenvalue weighted by Crippen LogP contribution is -2.25. The molecule has 2 atom stereocenters. The standard InChI is InChI=1S/C68H134O7/c1-7-13-19-25-31-41-49-59-69-65(70-60-50-42-32-26-20-14-8-2)55-45-35-37-47-57-67(73-63-53-39-29-23-17-11-5)75-68(74-64-54-40-30-24-18-12-6)58-48-38-36-46-56-66(71-61-51-43-33-27-21-15-9-3)72-62-52-44-34-28-22-16-10-4/h47-48,57-58,65-68H,7-46,49-56,59-64H2,1-6H3. The molecule has 7 nitrogen and oxygen atoms in total. The Morgan fingerprint density at radius 2 is 0.440 bits per heavy atom. The van der Waals surface area contributed by atoms with Crippen LogP contribution >= 0.6 is 0 Å². The van der Waals surface area contributed by atoms with E-state index in [-0.39, 0.29) is 12.6 Å². The van der Waals surface area contributed by atoms with Gasteiger partial charge >= 0.3 is 0 Å². The summed E-state index contributed by atoms with van der Waals surface area (Å²) in [4.78, 5) is 0. The van der Waals surface area contributed by atoms with E-state index in [2.05, 4.69) is 65.8 Å². The molecule has 0 N–H and O–H groups in total. The summed E-state index contributed by atoms with van der Waals surface area (Å²) in [7, 11) is 0. The van der Waals surface area contributed by atoms with Crippen molar-refractivity contribution in [1.29, 1.82) is 0 Å². The number of ether oxygens (including phenoxy) is 7. The van der Waals surface area contributed by atoms with Gasteiger partial charge in [0.2, 0.25) is 0 Å². The maximum Gasteiger partial charge on any atom is 0.180 e. The fourth-order valence-corrected chi connectivity index (χ4v) is 9.66. The Kier molecular flexibility index (Phi) is 65.0. The first-order valence-electron chi connectivity index (χ1n) is 33.8. The topological polar surface area (TPSA) is 64.6 Å². The molecule has 0 aromatic heterocycles.